The van der Waals surface area contributed by atoms with E-state index in [-0.39, 0.29) is 44.5 Å². The van der Waals surface area contributed by atoms with Gasteiger partial charge in [-0.1, -0.05) is 54.6 Å². The van der Waals surface area contributed by atoms with Crippen LogP contribution in [-0.4, -0.2) is 67.4 Å². The van der Waals surface area contributed by atoms with E-state index in [0.717, 1.165) is 22.3 Å². The van der Waals surface area contributed by atoms with E-state index in [1.807, 2.05) is 36.4 Å². The Bertz CT molecular complexity index is 1060. The molecule has 2 aliphatic rings. The molecule has 1 aliphatic heterocycles. The Hall–Kier alpha value is -3.65. The third-order valence-corrected chi connectivity index (χ3v) is 6.62. The summed E-state index contributed by atoms with van der Waals surface area (Å²) in [4.78, 5) is 38.1. The van der Waals surface area contributed by atoms with Gasteiger partial charge in [-0.15, -0.1) is 6.58 Å². The molecule has 0 bridgehead atoms. The number of benzene rings is 2. The molecular weight excluding hydrogens is 436 g/mol. The smallest absolute Gasteiger partial charge is 0.407 e. The number of fused-ring (bicyclic) bond motifs is 3. The van der Waals surface area contributed by atoms with Crippen molar-refractivity contribution in [2.24, 2.45) is 5.41 Å². The van der Waals surface area contributed by atoms with Crippen LogP contribution in [0.25, 0.3) is 11.1 Å². The van der Waals surface area contributed by atoms with E-state index >= 15 is 0 Å². The van der Waals surface area contributed by atoms with Crippen molar-refractivity contribution in [1.29, 1.82) is 0 Å². The minimum absolute atomic E-state index is 0.0620. The maximum absolute atomic E-state index is 12.7. The molecule has 0 spiro atoms. The van der Waals surface area contributed by atoms with Crippen LogP contribution in [0.4, 0.5) is 4.79 Å². The fraction of sp³-hybridized carbons (Fsp3) is 0.346. The molecule has 1 unspecified atom stereocenters. The molecule has 2 aromatic carbocycles. The minimum atomic E-state index is -1.00. The van der Waals surface area contributed by atoms with Crippen LogP contribution in [0, 0.1) is 5.41 Å². The molecule has 0 saturated carbocycles. The number of alkyl carbamates (subject to hydrolysis) is 1. The second-order valence-corrected chi connectivity index (χ2v) is 8.70. The lowest BCUT2D eigenvalue weighted by Gasteiger charge is -2.47. The monoisotopic (exact) mass is 464 g/mol. The molecule has 1 fully saturated rings. The summed E-state index contributed by atoms with van der Waals surface area (Å²) < 4.78 is 10.7. The first kappa shape index (κ1) is 23.5. The van der Waals surface area contributed by atoms with Gasteiger partial charge in [0.25, 0.3) is 5.91 Å². The summed E-state index contributed by atoms with van der Waals surface area (Å²) in [7, 11) is 1.37. The number of likely N-dealkylation sites (tertiary alicyclic amines) is 1. The van der Waals surface area contributed by atoms with E-state index in [4.69, 9.17) is 9.47 Å². The van der Waals surface area contributed by atoms with Gasteiger partial charge in [-0.3, -0.25) is 9.59 Å². The van der Waals surface area contributed by atoms with Gasteiger partial charge in [0.15, 0.2) is 6.10 Å². The highest BCUT2D eigenvalue weighted by Gasteiger charge is 2.51. The number of nitrogens with one attached hydrogen (secondary N) is 1. The van der Waals surface area contributed by atoms with Gasteiger partial charge in [-0.2, -0.15) is 0 Å². The van der Waals surface area contributed by atoms with Gasteiger partial charge in [-0.05, 0) is 28.7 Å². The third kappa shape index (κ3) is 4.28. The number of hydrogen-bond acceptors (Lipinski definition) is 5. The number of aliphatic carboxylic acids is 1. The van der Waals surface area contributed by atoms with E-state index in [1.165, 1.54) is 12.0 Å². The Balaban J connectivity index is 1.31. The lowest BCUT2D eigenvalue weighted by atomic mass is 9.76. The number of carbonyl (C=O) groups excluding carboxylic acids is 2. The number of rotatable bonds is 9. The zero-order valence-electron chi connectivity index (χ0n) is 19.0. The second kappa shape index (κ2) is 9.69. The maximum atomic E-state index is 12.7. The van der Waals surface area contributed by atoms with Crippen LogP contribution in [-0.2, 0) is 19.1 Å². The van der Waals surface area contributed by atoms with E-state index in [0.29, 0.717) is 0 Å². The molecule has 1 heterocycles. The highest BCUT2D eigenvalue weighted by Crippen LogP contribution is 2.44. The number of methoxy groups -OCH3 is 1. The third-order valence-electron chi connectivity index (χ3n) is 6.62. The molecule has 8 heteroatoms. The van der Waals surface area contributed by atoms with Gasteiger partial charge >= 0.3 is 12.1 Å². The summed E-state index contributed by atoms with van der Waals surface area (Å²) in [5.74, 6) is -1.39. The van der Waals surface area contributed by atoms with E-state index in [9.17, 15) is 19.5 Å². The number of carbonyl (C=O) groups is 3. The van der Waals surface area contributed by atoms with Gasteiger partial charge in [0, 0.05) is 26.1 Å². The molecule has 1 atom stereocenters. The Morgan fingerprint density at radius 2 is 1.74 bits per heavy atom. The van der Waals surface area contributed by atoms with Crippen molar-refractivity contribution in [1.82, 2.24) is 10.2 Å². The molecule has 1 aliphatic carbocycles. The standard InChI is InChI=1S/C26H28N2O6/c1-3-12-26(24(30)31)15-28(16-26)23(29)22(33-2)13-27-25(32)34-14-21-19-10-6-4-8-17(19)18-9-5-7-11-20(18)21/h3-11,21-22H,1,12-16H2,2H3,(H,27,32)(H,30,31). The fourth-order valence-electron chi connectivity index (χ4n) is 4.77. The van der Waals surface area contributed by atoms with E-state index in [1.54, 1.807) is 6.08 Å². The summed E-state index contributed by atoms with van der Waals surface area (Å²) in [6.45, 7) is 3.85. The van der Waals surface area contributed by atoms with Crippen LogP contribution in [0.3, 0.4) is 0 Å². The number of carboxylic acids is 1. The Morgan fingerprint density at radius 3 is 2.26 bits per heavy atom. The van der Waals surface area contributed by atoms with E-state index < -0.39 is 23.6 Å². The lowest BCUT2D eigenvalue weighted by Crippen LogP contribution is -2.64. The molecular formula is C26H28N2O6. The first-order valence-corrected chi connectivity index (χ1v) is 11.1. The maximum Gasteiger partial charge on any atom is 0.407 e. The lowest BCUT2D eigenvalue weighted by molar-refractivity contribution is -0.169. The van der Waals surface area contributed by atoms with Crippen LogP contribution >= 0.6 is 0 Å². The van der Waals surface area contributed by atoms with Gasteiger partial charge in [0.2, 0.25) is 0 Å². The molecule has 34 heavy (non-hydrogen) atoms. The van der Waals surface area contributed by atoms with Gasteiger partial charge < -0.3 is 24.8 Å². The number of ether oxygens (including phenoxy) is 2. The average molecular weight is 465 g/mol. The predicted octanol–water partition coefficient (Wildman–Crippen LogP) is 3.03. The summed E-state index contributed by atoms with van der Waals surface area (Å²) in [6.07, 6.45) is 0.243. The predicted molar refractivity (Wildman–Crippen MR) is 125 cm³/mol. The summed E-state index contributed by atoms with van der Waals surface area (Å²) in [6, 6.07) is 16.1. The van der Waals surface area contributed by atoms with Crippen molar-refractivity contribution >= 4 is 18.0 Å². The molecule has 2 aromatic rings. The average Bonchev–Trinajstić information content (AvgIpc) is 3.13. The quantitative estimate of drug-likeness (QED) is 0.553. The highest BCUT2D eigenvalue weighted by molar-refractivity contribution is 5.86. The molecule has 2 amide bonds. The van der Waals surface area contributed by atoms with E-state index in [2.05, 4.69) is 24.0 Å². The number of hydrogen-bond donors (Lipinski definition) is 2. The summed E-state index contributed by atoms with van der Waals surface area (Å²) in [5, 5.41) is 12.1. The molecule has 178 valence electrons. The van der Waals surface area contributed by atoms with Crippen LogP contribution in [0.5, 0.6) is 0 Å². The number of nitrogens with zero attached hydrogens (tertiary/aromatic N) is 1. The summed E-state index contributed by atoms with van der Waals surface area (Å²) >= 11 is 0. The fourth-order valence-corrected chi connectivity index (χ4v) is 4.77. The van der Waals surface area contributed by atoms with Crippen molar-refractivity contribution in [3.8, 4) is 11.1 Å². The van der Waals surface area contributed by atoms with Crippen molar-refractivity contribution in [2.45, 2.75) is 18.4 Å². The molecule has 0 aromatic heterocycles. The molecule has 2 N–H and O–H groups in total. The molecule has 4 rings (SSSR count). The first-order chi connectivity index (χ1) is 16.4. The Labute approximate surface area is 198 Å². The number of carboxylic acid groups (broad SMARTS) is 1. The Kier molecular flexibility index (Phi) is 6.70. The van der Waals surface area contributed by atoms with Crippen molar-refractivity contribution in [3.05, 3.63) is 72.3 Å². The Morgan fingerprint density at radius 1 is 1.15 bits per heavy atom. The van der Waals surface area contributed by atoms with Crippen LogP contribution < -0.4 is 5.32 Å². The number of allylic oxidation sites excluding steroid dienone is 1. The number of amides is 2. The van der Waals surface area contributed by atoms with Crippen LogP contribution in [0.15, 0.2) is 61.2 Å². The van der Waals surface area contributed by atoms with Crippen LogP contribution in [0.1, 0.15) is 23.5 Å². The topological polar surface area (TPSA) is 105 Å². The minimum Gasteiger partial charge on any atom is -0.481 e. The largest absolute Gasteiger partial charge is 0.481 e. The second-order valence-electron chi connectivity index (χ2n) is 8.70. The molecule has 0 radical (unpaired) electrons. The summed E-state index contributed by atoms with van der Waals surface area (Å²) in [5.41, 5.74) is 3.50. The SMILES string of the molecule is C=CCC1(C(=O)O)CN(C(=O)C(CNC(=O)OCC2c3ccccc3-c3ccccc32)OC)C1. The normalized spacial score (nSPS) is 16.6. The van der Waals surface area contributed by atoms with Crippen molar-refractivity contribution in [2.75, 3.05) is 33.4 Å². The van der Waals surface area contributed by atoms with Gasteiger partial charge in [0.05, 0.1) is 6.54 Å². The molecule has 1 saturated heterocycles. The van der Waals surface area contributed by atoms with Crippen LogP contribution in [0.2, 0.25) is 0 Å². The van der Waals surface area contributed by atoms with Crippen molar-refractivity contribution in [3.63, 3.8) is 0 Å². The van der Waals surface area contributed by atoms with Crippen molar-refractivity contribution < 1.29 is 29.0 Å². The highest BCUT2D eigenvalue weighted by atomic mass is 16.5. The molecule has 8 nitrogen and oxygen atoms in total. The van der Waals surface area contributed by atoms with Gasteiger partial charge in [0.1, 0.15) is 12.0 Å². The zero-order chi connectivity index (χ0) is 24.3. The first-order valence-electron chi connectivity index (χ1n) is 11.1. The zero-order valence-corrected chi connectivity index (χ0v) is 19.0. The van der Waals surface area contributed by atoms with Gasteiger partial charge in [-0.25, -0.2) is 4.79 Å².